The van der Waals surface area contributed by atoms with Crippen LogP contribution in [0.4, 0.5) is 0 Å². The molecule has 3 nitrogen and oxygen atoms in total. The van der Waals surface area contributed by atoms with Gasteiger partial charge in [0.05, 0.1) is 0 Å². The van der Waals surface area contributed by atoms with Gasteiger partial charge >= 0.3 is 0 Å². The van der Waals surface area contributed by atoms with Crippen molar-refractivity contribution in [1.29, 1.82) is 0 Å². The zero-order chi connectivity index (χ0) is 11.9. The van der Waals surface area contributed by atoms with Gasteiger partial charge in [0.25, 0.3) is 0 Å². The number of aliphatic imine (C=N–C) groups is 1. The molecule has 102 valence electrons. The van der Waals surface area contributed by atoms with Crippen LogP contribution < -0.4 is 10.6 Å². The molecule has 2 N–H and O–H groups in total. The molecule has 1 unspecified atom stereocenters. The van der Waals surface area contributed by atoms with Crippen molar-refractivity contribution < 1.29 is 0 Å². The molecule has 2 heterocycles. The fourth-order valence-electron chi connectivity index (χ4n) is 1.82. The molecule has 6 heteroatoms. The van der Waals surface area contributed by atoms with E-state index < -0.39 is 0 Å². The molecule has 0 spiro atoms. The average molecular weight is 397 g/mol. The van der Waals surface area contributed by atoms with Crippen molar-refractivity contribution >= 4 is 53.0 Å². The Kier molecular flexibility index (Phi) is 8.08. The molecule has 1 aromatic rings. The third-order valence-electron chi connectivity index (χ3n) is 2.78. The van der Waals surface area contributed by atoms with Crippen molar-refractivity contribution in [3.63, 3.8) is 0 Å². The van der Waals surface area contributed by atoms with Gasteiger partial charge in [-0.05, 0) is 41.0 Å². The smallest absolute Gasteiger partial charge is 0.191 e. The van der Waals surface area contributed by atoms with Crippen molar-refractivity contribution in [3.8, 4) is 0 Å². The maximum absolute atomic E-state index is 4.24. The third-order valence-corrected chi connectivity index (χ3v) is 4.92. The lowest BCUT2D eigenvalue weighted by Crippen LogP contribution is -2.39. The van der Waals surface area contributed by atoms with Crippen molar-refractivity contribution in [1.82, 2.24) is 10.6 Å². The Morgan fingerprint density at radius 2 is 2.39 bits per heavy atom. The van der Waals surface area contributed by atoms with E-state index in [1.54, 1.807) is 11.3 Å². The molecule has 0 amide bonds. The highest BCUT2D eigenvalue weighted by Gasteiger charge is 2.15. The lowest BCUT2D eigenvalue weighted by atomic mass is 10.2. The first-order valence-corrected chi connectivity index (χ1v) is 7.95. The highest BCUT2D eigenvalue weighted by Crippen LogP contribution is 2.25. The van der Waals surface area contributed by atoms with Crippen LogP contribution in [-0.4, -0.2) is 30.6 Å². The number of nitrogens with zero attached hydrogens (tertiary/aromatic N) is 1. The molecule has 0 aliphatic carbocycles. The Bertz CT molecular complexity index is 348. The molecular formula is C12H20IN3S2. The molecule has 0 radical (unpaired) electrons. The molecule has 18 heavy (non-hydrogen) atoms. The number of hydrogen-bond donors (Lipinski definition) is 2. The van der Waals surface area contributed by atoms with Gasteiger partial charge in [0.1, 0.15) is 0 Å². The standard InChI is InChI=1S/C12H19N3S2.HI/c1-13-12(14-7-10-4-6-16-9-10)15-8-11-3-2-5-17-11;/h4,6,9,11H,2-3,5,7-8H2,1H3,(H2,13,14,15);1H. The third kappa shape index (κ3) is 5.36. The molecule has 1 fully saturated rings. The van der Waals surface area contributed by atoms with E-state index in [-0.39, 0.29) is 24.0 Å². The first kappa shape index (κ1) is 16.1. The van der Waals surface area contributed by atoms with Gasteiger partial charge in [0.2, 0.25) is 0 Å². The first-order chi connectivity index (χ1) is 8.38. The molecule has 1 aromatic heterocycles. The van der Waals surface area contributed by atoms with Crippen LogP contribution in [0, 0.1) is 0 Å². The predicted octanol–water partition coefficient (Wildman–Crippen LogP) is 2.93. The minimum Gasteiger partial charge on any atom is -0.355 e. The van der Waals surface area contributed by atoms with Crippen molar-refractivity contribution in [2.75, 3.05) is 19.3 Å². The number of halogens is 1. The maximum Gasteiger partial charge on any atom is 0.191 e. The van der Waals surface area contributed by atoms with Crippen LogP contribution in [0.25, 0.3) is 0 Å². The molecular weight excluding hydrogens is 377 g/mol. The summed E-state index contributed by atoms with van der Waals surface area (Å²) >= 11 is 3.80. The van der Waals surface area contributed by atoms with Crippen molar-refractivity contribution in [3.05, 3.63) is 22.4 Å². The van der Waals surface area contributed by atoms with Gasteiger partial charge in [-0.15, -0.1) is 24.0 Å². The minimum absolute atomic E-state index is 0. The van der Waals surface area contributed by atoms with Crippen molar-refractivity contribution in [2.45, 2.75) is 24.6 Å². The van der Waals surface area contributed by atoms with Crippen LogP contribution in [-0.2, 0) is 6.54 Å². The summed E-state index contributed by atoms with van der Waals surface area (Å²) < 4.78 is 0. The number of thioether (sulfide) groups is 1. The Morgan fingerprint density at radius 1 is 1.50 bits per heavy atom. The largest absolute Gasteiger partial charge is 0.355 e. The van der Waals surface area contributed by atoms with Crippen LogP contribution >= 0.6 is 47.1 Å². The SMILES string of the molecule is CN=C(NCc1ccsc1)NCC1CCCS1.I. The Labute approximate surface area is 134 Å². The molecule has 1 aliphatic rings. The molecule has 0 aromatic carbocycles. The van der Waals surface area contributed by atoms with E-state index in [2.05, 4.69) is 44.2 Å². The van der Waals surface area contributed by atoms with E-state index in [4.69, 9.17) is 0 Å². The highest BCUT2D eigenvalue weighted by molar-refractivity contribution is 14.0. The lowest BCUT2D eigenvalue weighted by Gasteiger charge is -2.14. The Hall–Kier alpha value is 0.0500. The van der Waals surface area contributed by atoms with E-state index in [0.29, 0.717) is 0 Å². The fourth-order valence-corrected chi connectivity index (χ4v) is 3.69. The molecule has 1 atom stereocenters. The molecule has 0 saturated carbocycles. The quantitative estimate of drug-likeness (QED) is 0.466. The number of hydrogen-bond acceptors (Lipinski definition) is 3. The normalized spacial score (nSPS) is 19.4. The zero-order valence-corrected chi connectivity index (χ0v) is 14.5. The number of guanidine groups is 1. The van der Waals surface area contributed by atoms with Crippen molar-refractivity contribution in [2.24, 2.45) is 4.99 Å². The van der Waals surface area contributed by atoms with Gasteiger partial charge in [0.15, 0.2) is 5.96 Å². The summed E-state index contributed by atoms with van der Waals surface area (Å²) in [7, 11) is 1.82. The second-order valence-corrected chi connectivity index (χ2v) is 6.26. The summed E-state index contributed by atoms with van der Waals surface area (Å²) in [5, 5.41) is 11.7. The number of rotatable bonds is 4. The topological polar surface area (TPSA) is 36.4 Å². The van der Waals surface area contributed by atoms with Gasteiger partial charge in [-0.25, -0.2) is 0 Å². The molecule has 2 rings (SSSR count). The summed E-state index contributed by atoms with van der Waals surface area (Å²) in [5.74, 6) is 2.22. The fraction of sp³-hybridized carbons (Fsp3) is 0.583. The van der Waals surface area contributed by atoms with Gasteiger partial charge in [-0.1, -0.05) is 0 Å². The molecule has 1 aliphatic heterocycles. The van der Waals surface area contributed by atoms with Crippen LogP contribution in [0.2, 0.25) is 0 Å². The summed E-state index contributed by atoms with van der Waals surface area (Å²) in [6.07, 6.45) is 2.69. The van der Waals surface area contributed by atoms with Gasteiger partial charge in [-0.3, -0.25) is 4.99 Å². The summed E-state index contributed by atoms with van der Waals surface area (Å²) in [6, 6.07) is 2.14. The summed E-state index contributed by atoms with van der Waals surface area (Å²) in [5.41, 5.74) is 1.31. The highest BCUT2D eigenvalue weighted by atomic mass is 127. The summed E-state index contributed by atoms with van der Waals surface area (Å²) in [4.78, 5) is 4.24. The van der Waals surface area contributed by atoms with Gasteiger partial charge in [0, 0.05) is 25.4 Å². The average Bonchev–Trinajstić information content (AvgIpc) is 3.02. The maximum atomic E-state index is 4.24. The number of thiophene rings is 1. The van der Waals surface area contributed by atoms with Crippen LogP contribution in [0.3, 0.4) is 0 Å². The Morgan fingerprint density at radius 3 is 3.00 bits per heavy atom. The lowest BCUT2D eigenvalue weighted by molar-refractivity contribution is 0.726. The second-order valence-electron chi connectivity index (χ2n) is 4.07. The van der Waals surface area contributed by atoms with E-state index in [1.807, 2.05) is 7.05 Å². The zero-order valence-electron chi connectivity index (χ0n) is 10.5. The van der Waals surface area contributed by atoms with E-state index in [0.717, 1.165) is 24.3 Å². The first-order valence-electron chi connectivity index (χ1n) is 5.95. The monoisotopic (exact) mass is 397 g/mol. The van der Waals surface area contributed by atoms with Crippen LogP contribution in [0.15, 0.2) is 21.8 Å². The Balaban J connectivity index is 0.00000162. The minimum atomic E-state index is 0. The van der Waals surface area contributed by atoms with Gasteiger partial charge in [-0.2, -0.15) is 23.1 Å². The van der Waals surface area contributed by atoms with Crippen LogP contribution in [0.1, 0.15) is 18.4 Å². The summed E-state index contributed by atoms with van der Waals surface area (Å²) in [6.45, 7) is 1.87. The molecule has 1 saturated heterocycles. The van der Waals surface area contributed by atoms with Gasteiger partial charge < -0.3 is 10.6 Å². The van der Waals surface area contributed by atoms with E-state index in [9.17, 15) is 0 Å². The number of nitrogens with one attached hydrogen (secondary N) is 2. The molecule has 0 bridgehead atoms. The second kappa shape index (κ2) is 9.03. The predicted molar refractivity (Wildman–Crippen MR) is 93.4 cm³/mol. The van der Waals surface area contributed by atoms with E-state index in [1.165, 1.54) is 24.2 Å². The van der Waals surface area contributed by atoms with Crippen LogP contribution in [0.5, 0.6) is 0 Å². The van der Waals surface area contributed by atoms with E-state index >= 15 is 0 Å².